The lowest BCUT2D eigenvalue weighted by molar-refractivity contribution is 0.419. The summed E-state index contributed by atoms with van der Waals surface area (Å²) in [7, 11) is 0. The van der Waals surface area contributed by atoms with E-state index >= 15 is 0 Å². The van der Waals surface area contributed by atoms with Crippen LogP contribution in [0.1, 0.15) is 56.1 Å². The van der Waals surface area contributed by atoms with Gasteiger partial charge in [0, 0.05) is 0 Å². The highest BCUT2D eigenvalue weighted by molar-refractivity contribution is 5.28. The van der Waals surface area contributed by atoms with Gasteiger partial charge in [-0.1, -0.05) is 44.5 Å². The van der Waals surface area contributed by atoms with Crippen molar-refractivity contribution >= 4 is 0 Å². The van der Waals surface area contributed by atoms with Gasteiger partial charge in [0.05, 0.1) is 0 Å². The molecule has 1 aromatic rings. The Labute approximate surface area is 81.0 Å². The lowest BCUT2D eigenvalue weighted by Crippen LogP contribution is -2.08. The third-order valence-electron chi connectivity index (χ3n) is 3.18. The van der Waals surface area contributed by atoms with Gasteiger partial charge in [0.25, 0.3) is 0 Å². The molecule has 2 rings (SSSR count). The Balaban J connectivity index is 2.13. The molecule has 0 bridgehead atoms. The molecule has 0 nitrogen and oxygen atoms in total. The zero-order chi connectivity index (χ0) is 9.26. The van der Waals surface area contributed by atoms with E-state index in [4.69, 9.17) is 0 Å². The summed E-state index contributed by atoms with van der Waals surface area (Å²) in [5, 5.41) is 0. The van der Waals surface area contributed by atoms with Crippen molar-refractivity contribution in [2.75, 3.05) is 0 Å². The first-order valence-corrected chi connectivity index (χ1v) is 5.37. The minimum absolute atomic E-state index is 0.662. The fraction of sp³-hybridized carbons (Fsp3) is 0.538. The van der Waals surface area contributed by atoms with Gasteiger partial charge in [0.15, 0.2) is 0 Å². The Morgan fingerprint density at radius 3 is 2.08 bits per heavy atom. The van der Waals surface area contributed by atoms with Gasteiger partial charge in [0.2, 0.25) is 0 Å². The number of benzene rings is 1. The molecule has 0 N–H and O–H groups in total. The van der Waals surface area contributed by atoms with Crippen molar-refractivity contribution < 1.29 is 0 Å². The highest BCUT2D eigenvalue weighted by Crippen LogP contribution is 2.36. The first kappa shape index (κ1) is 8.80. The van der Waals surface area contributed by atoms with Gasteiger partial charge in [-0.15, -0.1) is 0 Å². The molecule has 0 atom stereocenters. The molecule has 0 spiro atoms. The van der Waals surface area contributed by atoms with Crippen molar-refractivity contribution in [2.24, 2.45) is 0 Å². The monoisotopic (exact) mass is 174 g/mol. The zero-order valence-corrected chi connectivity index (χ0v) is 8.59. The minimum Gasteiger partial charge on any atom is -0.0587 e. The van der Waals surface area contributed by atoms with E-state index in [0.717, 1.165) is 5.92 Å². The first-order chi connectivity index (χ1) is 6.27. The molecule has 0 heteroatoms. The highest BCUT2D eigenvalue weighted by Gasteiger charge is 2.18. The normalized spacial score (nSPS) is 17.5. The van der Waals surface area contributed by atoms with E-state index in [-0.39, 0.29) is 0 Å². The van der Waals surface area contributed by atoms with Gasteiger partial charge in [0.1, 0.15) is 0 Å². The van der Waals surface area contributed by atoms with Crippen molar-refractivity contribution in [1.29, 1.82) is 0 Å². The van der Waals surface area contributed by atoms with Crippen molar-refractivity contribution in [2.45, 2.75) is 44.9 Å². The van der Waals surface area contributed by atoms with Crippen LogP contribution in [0.25, 0.3) is 0 Å². The van der Waals surface area contributed by atoms with Crippen molar-refractivity contribution in [3.8, 4) is 0 Å². The van der Waals surface area contributed by atoms with E-state index < -0.39 is 0 Å². The first-order valence-electron chi connectivity index (χ1n) is 5.37. The average Bonchev–Trinajstić information content (AvgIpc) is 2.02. The molecule has 1 saturated carbocycles. The predicted octanol–water partition coefficient (Wildman–Crippen LogP) is 4.08. The van der Waals surface area contributed by atoms with E-state index in [2.05, 4.69) is 38.1 Å². The number of rotatable bonds is 2. The second-order valence-electron chi connectivity index (χ2n) is 4.45. The summed E-state index contributed by atoms with van der Waals surface area (Å²) in [5.41, 5.74) is 3.01. The predicted molar refractivity (Wildman–Crippen MR) is 57.1 cm³/mol. The Hall–Kier alpha value is -0.780. The lowest BCUT2D eigenvalue weighted by atomic mass is 9.80. The third kappa shape index (κ3) is 1.77. The maximum absolute atomic E-state index is 2.32. The topological polar surface area (TPSA) is 0 Å². The summed E-state index contributed by atoms with van der Waals surface area (Å²) in [4.78, 5) is 0. The van der Waals surface area contributed by atoms with Gasteiger partial charge < -0.3 is 0 Å². The van der Waals surface area contributed by atoms with E-state index in [1.807, 2.05) is 0 Å². The van der Waals surface area contributed by atoms with Crippen LogP contribution in [-0.2, 0) is 0 Å². The fourth-order valence-corrected chi connectivity index (χ4v) is 1.89. The number of hydrogen-bond donors (Lipinski definition) is 0. The van der Waals surface area contributed by atoms with Crippen LogP contribution in [0.5, 0.6) is 0 Å². The Bertz CT molecular complexity index is 265. The van der Waals surface area contributed by atoms with Crippen LogP contribution in [0.4, 0.5) is 0 Å². The molecule has 1 aromatic carbocycles. The molecule has 0 radical (unpaired) electrons. The maximum Gasteiger partial charge on any atom is -0.0162 e. The summed E-state index contributed by atoms with van der Waals surface area (Å²) >= 11 is 0. The molecule has 0 saturated heterocycles. The highest BCUT2D eigenvalue weighted by atomic mass is 14.2. The molecule has 13 heavy (non-hydrogen) atoms. The molecule has 1 fully saturated rings. The van der Waals surface area contributed by atoms with Gasteiger partial charge in [-0.25, -0.2) is 0 Å². The smallest absolute Gasteiger partial charge is 0.0162 e. The molecular formula is C13H18. The van der Waals surface area contributed by atoms with Crippen LogP contribution in [0.3, 0.4) is 0 Å². The number of hydrogen-bond acceptors (Lipinski definition) is 0. The van der Waals surface area contributed by atoms with Gasteiger partial charge in [-0.05, 0) is 35.8 Å². The van der Waals surface area contributed by atoms with E-state index in [0.29, 0.717) is 5.92 Å². The summed E-state index contributed by atoms with van der Waals surface area (Å²) in [6.45, 7) is 4.50. The summed E-state index contributed by atoms with van der Waals surface area (Å²) < 4.78 is 0. The van der Waals surface area contributed by atoms with Gasteiger partial charge >= 0.3 is 0 Å². The van der Waals surface area contributed by atoms with Crippen molar-refractivity contribution in [3.05, 3.63) is 35.4 Å². The Morgan fingerprint density at radius 2 is 1.69 bits per heavy atom. The van der Waals surface area contributed by atoms with Crippen LogP contribution >= 0.6 is 0 Å². The summed E-state index contributed by atoms with van der Waals surface area (Å²) in [6, 6.07) is 9.22. The largest absolute Gasteiger partial charge is 0.0587 e. The van der Waals surface area contributed by atoms with Crippen LogP contribution < -0.4 is 0 Å². The summed E-state index contributed by atoms with van der Waals surface area (Å²) in [5.74, 6) is 1.54. The maximum atomic E-state index is 2.32. The van der Waals surface area contributed by atoms with E-state index in [9.17, 15) is 0 Å². The molecular weight excluding hydrogens is 156 g/mol. The molecule has 0 amide bonds. The Morgan fingerprint density at radius 1 is 1.08 bits per heavy atom. The third-order valence-corrected chi connectivity index (χ3v) is 3.18. The van der Waals surface area contributed by atoms with Crippen LogP contribution in [0, 0.1) is 0 Å². The van der Waals surface area contributed by atoms with Crippen LogP contribution in [0.2, 0.25) is 0 Å². The zero-order valence-electron chi connectivity index (χ0n) is 8.59. The molecule has 0 heterocycles. The second kappa shape index (κ2) is 3.53. The van der Waals surface area contributed by atoms with Crippen molar-refractivity contribution in [1.82, 2.24) is 0 Å². The minimum atomic E-state index is 0.662. The SMILES string of the molecule is CC(C)c1ccc(C2CCC2)cc1. The van der Waals surface area contributed by atoms with Crippen molar-refractivity contribution in [3.63, 3.8) is 0 Å². The summed E-state index contributed by atoms with van der Waals surface area (Å²) in [6.07, 6.45) is 4.23. The molecule has 0 aliphatic heterocycles. The standard InChI is InChI=1S/C13H18/c1-10(2)11-6-8-13(9-7-11)12-4-3-5-12/h6-10,12H,3-5H2,1-2H3. The molecule has 0 aromatic heterocycles. The quantitative estimate of drug-likeness (QED) is 0.633. The molecule has 0 unspecified atom stereocenters. The van der Waals surface area contributed by atoms with E-state index in [1.165, 1.54) is 24.8 Å². The lowest BCUT2D eigenvalue weighted by Gasteiger charge is -2.26. The molecule has 1 aliphatic carbocycles. The van der Waals surface area contributed by atoms with E-state index in [1.54, 1.807) is 5.56 Å². The fourth-order valence-electron chi connectivity index (χ4n) is 1.89. The Kier molecular flexibility index (Phi) is 2.39. The van der Waals surface area contributed by atoms with Gasteiger partial charge in [-0.3, -0.25) is 0 Å². The van der Waals surface area contributed by atoms with Crippen LogP contribution in [-0.4, -0.2) is 0 Å². The van der Waals surface area contributed by atoms with Gasteiger partial charge in [-0.2, -0.15) is 0 Å². The van der Waals surface area contributed by atoms with Crippen LogP contribution in [0.15, 0.2) is 24.3 Å². The average molecular weight is 174 g/mol. The second-order valence-corrected chi connectivity index (χ2v) is 4.45. The molecule has 70 valence electrons. The molecule has 1 aliphatic rings.